The van der Waals surface area contributed by atoms with Gasteiger partial charge in [-0.15, -0.1) is 0 Å². The molecule has 4 rings (SSSR count). The maximum Gasteiger partial charge on any atom is 0.276 e. The van der Waals surface area contributed by atoms with Crippen LogP contribution in [0.2, 0.25) is 0 Å². The maximum atomic E-state index is 13.3. The summed E-state index contributed by atoms with van der Waals surface area (Å²) in [6.07, 6.45) is 1.58. The van der Waals surface area contributed by atoms with Gasteiger partial charge >= 0.3 is 0 Å². The molecule has 0 saturated carbocycles. The molecule has 8 nitrogen and oxygen atoms in total. The van der Waals surface area contributed by atoms with Crippen molar-refractivity contribution in [3.8, 4) is 22.8 Å². The average molecular weight is 526 g/mol. The van der Waals surface area contributed by atoms with Gasteiger partial charge in [0.2, 0.25) is 11.8 Å². The van der Waals surface area contributed by atoms with Crippen molar-refractivity contribution in [2.75, 3.05) is 0 Å². The minimum atomic E-state index is -1.19. The van der Waals surface area contributed by atoms with Gasteiger partial charge in [-0.3, -0.25) is 9.36 Å². The Balaban J connectivity index is 1.68. The zero-order valence-corrected chi connectivity index (χ0v) is 20.2. The second-order valence-corrected chi connectivity index (χ2v) is 8.83. The van der Waals surface area contributed by atoms with Crippen LogP contribution >= 0.6 is 15.9 Å². The highest BCUT2D eigenvalue weighted by atomic mass is 79.9. The Morgan fingerprint density at radius 2 is 1.88 bits per heavy atom. The summed E-state index contributed by atoms with van der Waals surface area (Å²) in [4.78, 5) is 29.9. The monoisotopic (exact) mass is 525 g/mol. The number of pyridine rings is 1. The van der Waals surface area contributed by atoms with E-state index in [1.165, 1.54) is 16.7 Å². The Morgan fingerprint density at radius 3 is 2.62 bits per heavy atom. The summed E-state index contributed by atoms with van der Waals surface area (Å²) in [5.74, 6) is 0.166. The topological polar surface area (TPSA) is 103 Å². The van der Waals surface area contributed by atoms with Gasteiger partial charge in [0.25, 0.3) is 5.56 Å². The molecule has 0 unspecified atom stereocenters. The molecule has 174 valence electrons. The number of nitrogens with zero attached hydrogens (tertiary/aromatic N) is 5. The van der Waals surface area contributed by atoms with Crippen LogP contribution in [0.5, 0.6) is 5.88 Å². The molecule has 0 bridgehead atoms. The van der Waals surface area contributed by atoms with Crippen molar-refractivity contribution in [1.82, 2.24) is 24.5 Å². The predicted octanol–water partition coefficient (Wildman–Crippen LogP) is 4.10. The van der Waals surface area contributed by atoms with Crippen molar-refractivity contribution in [3.63, 3.8) is 0 Å². The van der Waals surface area contributed by atoms with E-state index >= 15 is 0 Å². The van der Waals surface area contributed by atoms with Crippen LogP contribution < -0.4 is 10.3 Å². The molecule has 0 saturated heterocycles. The van der Waals surface area contributed by atoms with Gasteiger partial charge in [-0.1, -0.05) is 18.2 Å². The van der Waals surface area contributed by atoms with Gasteiger partial charge in [0.1, 0.15) is 22.5 Å². The molecule has 3 aromatic heterocycles. The maximum absolute atomic E-state index is 13.3. The van der Waals surface area contributed by atoms with Gasteiger partial charge in [0, 0.05) is 11.8 Å². The fourth-order valence-electron chi connectivity index (χ4n) is 3.27. The fraction of sp³-hybridized carbons (Fsp3) is 0.208. The third-order valence-electron chi connectivity index (χ3n) is 4.90. The van der Waals surface area contributed by atoms with E-state index in [-0.39, 0.29) is 22.5 Å². The summed E-state index contributed by atoms with van der Waals surface area (Å²) in [6, 6.07) is 13.4. The molecular formula is C24H21BrFN5O3. The van der Waals surface area contributed by atoms with Crippen molar-refractivity contribution in [3.05, 3.63) is 92.8 Å². The summed E-state index contributed by atoms with van der Waals surface area (Å²) in [6.45, 7) is 4.87. The van der Waals surface area contributed by atoms with Gasteiger partial charge in [0.05, 0.1) is 17.1 Å². The van der Waals surface area contributed by atoms with Crippen LogP contribution in [-0.4, -0.2) is 29.6 Å². The third-order valence-corrected chi connectivity index (χ3v) is 5.58. The Kier molecular flexibility index (Phi) is 6.54. The fourth-order valence-corrected chi connectivity index (χ4v) is 3.65. The lowest BCUT2D eigenvalue weighted by Crippen LogP contribution is -2.24. The third kappa shape index (κ3) is 5.02. The number of hydrogen-bond donors (Lipinski definition) is 1. The van der Waals surface area contributed by atoms with Gasteiger partial charge in [-0.05, 0) is 67.0 Å². The predicted molar refractivity (Wildman–Crippen MR) is 127 cm³/mol. The van der Waals surface area contributed by atoms with E-state index in [9.17, 15) is 14.3 Å². The molecule has 10 heteroatoms. The zero-order valence-electron chi connectivity index (χ0n) is 18.7. The first-order chi connectivity index (χ1) is 16.1. The molecule has 0 aliphatic rings. The van der Waals surface area contributed by atoms with E-state index in [4.69, 9.17) is 4.74 Å². The molecule has 4 aromatic rings. The number of halogens is 2. The normalized spacial score (nSPS) is 11.5. The molecule has 34 heavy (non-hydrogen) atoms. The van der Waals surface area contributed by atoms with E-state index in [1.807, 2.05) is 6.07 Å². The summed E-state index contributed by atoms with van der Waals surface area (Å²) in [5, 5.41) is 10.2. The first kappa shape index (κ1) is 23.7. The number of benzene rings is 1. The second kappa shape index (κ2) is 9.40. The largest absolute Gasteiger partial charge is 0.470 e. The summed E-state index contributed by atoms with van der Waals surface area (Å²) in [5.41, 5.74) is 0.743. The summed E-state index contributed by atoms with van der Waals surface area (Å²) in [7, 11) is 0. The van der Waals surface area contributed by atoms with E-state index in [0.29, 0.717) is 28.7 Å². The number of ether oxygens (including phenoxy) is 1. The Hall–Kier alpha value is -3.50. The summed E-state index contributed by atoms with van der Waals surface area (Å²) >= 11 is 3.28. The minimum Gasteiger partial charge on any atom is -0.470 e. The Morgan fingerprint density at radius 1 is 1.12 bits per heavy atom. The van der Waals surface area contributed by atoms with Crippen LogP contribution in [0.1, 0.15) is 31.2 Å². The van der Waals surface area contributed by atoms with Crippen LogP contribution in [0.25, 0.3) is 16.9 Å². The van der Waals surface area contributed by atoms with Gasteiger partial charge in [-0.2, -0.15) is 9.37 Å². The Labute approximate surface area is 203 Å². The van der Waals surface area contributed by atoms with Crippen molar-refractivity contribution >= 4 is 15.9 Å². The van der Waals surface area contributed by atoms with Crippen molar-refractivity contribution in [2.45, 2.75) is 33.0 Å². The van der Waals surface area contributed by atoms with Crippen LogP contribution in [0.4, 0.5) is 4.39 Å². The molecule has 0 aliphatic carbocycles. The first-order valence-corrected chi connectivity index (χ1v) is 11.1. The minimum absolute atomic E-state index is 0.0427. The smallest absolute Gasteiger partial charge is 0.276 e. The number of rotatable bonds is 6. The number of hydrogen-bond acceptors (Lipinski definition) is 7. The molecule has 1 aromatic carbocycles. The number of aromatic nitrogens is 5. The highest BCUT2D eigenvalue weighted by Crippen LogP contribution is 2.25. The second-order valence-electron chi connectivity index (χ2n) is 8.03. The molecule has 1 N–H and O–H groups in total. The van der Waals surface area contributed by atoms with E-state index in [2.05, 4.69) is 35.9 Å². The van der Waals surface area contributed by atoms with E-state index in [1.54, 1.807) is 57.3 Å². The zero-order chi connectivity index (χ0) is 24.5. The van der Waals surface area contributed by atoms with E-state index < -0.39 is 11.5 Å². The highest BCUT2D eigenvalue weighted by molar-refractivity contribution is 9.10. The van der Waals surface area contributed by atoms with Crippen LogP contribution in [0.15, 0.2) is 64.0 Å². The Bertz CT molecular complexity index is 1420. The van der Waals surface area contributed by atoms with Crippen molar-refractivity contribution in [2.24, 2.45) is 0 Å². The van der Waals surface area contributed by atoms with Gasteiger partial charge in [-0.25, -0.2) is 15.0 Å². The van der Waals surface area contributed by atoms with Crippen LogP contribution in [0.3, 0.4) is 0 Å². The molecule has 0 fully saturated rings. The van der Waals surface area contributed by atoms with Gasteiger partial charge < -0.3 is 9.84 Å². The molecule has 0 spiro atoms. The van der Waals surface area contributed by atoms with Crippen LogP contribution in [-0.2, 0) is 12.2 Å². The lowest BCUT2D eigenvalue weighted by Gasteiger charge is -2.16. The van der Waals surface area contributed by atoms with Crippen LogP contribution in [0, 0.1) is 12.9 Å². The molecule has 3 heterocycles. The average Bonchev–Trinajstić information content (AvgIpc) is 2.80. The summed E-state index contributed by atoms with van der Waals surface area (Å²) < 4.78 is 20.5. The molecule has 0 aliphatic heterocycles. The molecule has 0 amide bonds. The molecule has 0 radical (unpaired) electrons. The van der Waals surface area contributed by atoms with Crippen molar-refractivity contribution < 1.29 is 14.2 Å². The number of aryl methyl sites for hydroxylation is 1. The lowest BCUT2D eigenvalue weighted by atomic mass is 10.1. The van der Waals surface area contributed by atoms with Gasteiger partial charge in [0.15, 0.2) is 5.82 Å². The SMILES string of the molecule is Cc1nc(OCc2cccc(F)n2)c(Br)c(=O)n1-c1cccc(-c2ccnc(C(C)(C)O)n2)c1. The quantitative estimate of drug-likeness (QED) is 0.378. The van der Waals surface area contributed by atoms with E-state index in [0.717, 1.165) is 5.56 Å². The number of aliphatic hydroxyl groups is 1. The van der Waals surface area contributed by atoms with Crippen molar-refractivity contribution in [1.29, 1.82) is 0 Å². The molecule has 0 atom stereocenters. The first-order valence-electron chi connectivity index (χ1n) is 10.3. The lowest BCUT2D eigenvalue weighted by molar-refractivity contribution is 0.0688. The highest BCUT2D eigenvalue weighted by Gasteiger charge is 2.20. The molecular weight excluding hydrogens is 505 g/mol. The standard InChI is InChI=1S/C24H21BrFN5O3/c1-14-28-21(34-13-16-7-5-9-19(26)29-16)20(25)22(32)31(14)17-8-4-6-15(12-17)18-10-11-27-23(30-18)24(2,3)33/h4-12,33H,13H2,1-3H3.